The molecular weight excluding hydrogens is 474 g/mol. The number of anilines is 2. The highest BCUT2D eigenvalue weighted by molar-refractivity contribution is 6.31. The van der Waals surface area contributed by atoms with Gasteiger partial charge in [0.2, 0.25) is 0 Å². The quantitative estimate of drug-likeness (QED) is 0.372. The summed E-state index contributed by atoms with van der Waals surface area (Å²) < 4.78 is 27.4. The van der Waals surface area contributed by atoms with Gasteiger partial charge < -0.3 is 5.32 Å². The van der Waals surface area contributed by atoms with Crippen molar-refractivity contribution < 1.29 is 18.4 Å². The van der Waals surface area contributed by atoms with E-state index in [1.165, 1.54) is 59.9 Å². The van der Waals surface area contributed by atoms with Crippen molar-refractivity contribution in [2.75, 3.05) is 10.2 Å². The Morgan fingerprint density at radius 3 is 2.40 bits per heavy atom. The number of halogens is 3. The van der Waals surface area contributed by atoms with E-state index in [-0.39, 0.29) is 16.4 Å². The maximum atomic E-state index is 14.0. The number of benzene rings is 3. The highest BCUT2D eigenvalue weighted by atomic mass is 35.5. The molecule has 0 saturated heterocycles. The lowest BCUT2D eigenvalue weighted by Crippen LogP contribution is -2.42. The van der Waals surface area contributed by atoms with Crippen LogP contribution in [0.3, 0.4) is 0 Å². The van der Waals surface area contributed by atoms with Gasteiger partial charge in [-0.05, 0) is 60.5 Å². The molecule has 176 valence electrons. The molecule has 0 aliphatic rings. The SMILES string of the molecule is Cc1ccccc1[C@@H](C(=O)Nc1ccc(F)cc1)N(C(=O)c1cnccn1)c1ccc(F)c(Cl)c1. The summed E-state index contributed by atoms with van der Waals surface area (Å²) in [5.74, 6) is -2.36. The summed E-state index contributed by atoms with van der Waals surface area (Å²) in [5.41, 5.74) is 1.73. The standard InChI is InChI=1S/C26H19ClF2N4O2/c1-16-4-2-3-5-20(16)24(25(34)32-18-8-6-17(28)7-9-18)33(19-10-11-22(29)21(27)14-19)26(35)23-15-30-12-13-31-23/h2-15,24H,1H3,(H,32,34)/t24-/m0/s1. The monoisotopic (exact) mass is 492 g/mol. The van der Waals surface area contributed by atoms with Gasteiger partial charge in [0.25, 0.3) is 11.8 Å². The van der Waals surface area contributed by atoms with E-state index in [9.17, 15) is 18.4 Å². The van der Waals surface area contributed by atoms with Crippen LogP contribution in [0.5, 0.6) is 0 Å². The van der Waals surface area contributed by atoms with Crippen LogP contribution >= 0.6 is 11.6 Å². The minimum absolute atomic E-state index is 0.0267. The van der Waals surface area contributed by atoms with Crippen molar-refractivity contribution in [2.24, 2.45) is 0 Å². The molecule has 0 spiro atoms. The third-order valence-corrected chi connectivity index (χ3v) is 5.57. The normalized spacial score (nSPS) is 11.5. The summed E-state index contributed by atoms with van der Waals surface area (Å²) >= 11 is 6.04. The first-order valence-electron chi connectivity index (χ1n) is 10.5. The topological polar surface area (TPSA) is 75.2 Å². The van der Waals surface area contributed by atoms with E-state index in [4.69, 9.17) is 11.6 Å². The molecule has 0 fully saturated rings. The Morgan fingerprint density at radius 1 is 1.00 bits per heavy atom. The second kappa shape index (κ2) is 10.4. The summed E-state index contributed by atoms with van der Waals surface area (Å²) in [7, 11) is 0. The highest BCUT2D eigenvalue weighted by Crippen LogP contribution is 2.34. The molecule has 1 aromatic heterocycles. The summed E-state index contributed by atoms with van der Waals surface area (Å²) in [5, 5.41) is 2.51. The van der Waals surface area contributed by atoms with Crippen LogP contribution < -0.4 is 10.2 Å². The van der Waals surface area contributed by atoms with E-state index < -0.39 is 29.5 Å². The van der Waals surface area contributed by atoms with Gasteiger partial charge in [-0.15, -0.1) is 0 Å². The van der Waals surface area contributed by atoms with Gasteiger partial charge in [-0.25, -0.2) is 13.8 Å². The Bertz CT molecular complexity index is 1370. The summed E-state index contributed by atoms with van der Waals surface area (Å²) in [4.78, 5) is 36.7. The molecule has 35 heavy (non-hydrogen) atoms. The minimum atomic E-state index is -1.21. The number of aryl methyl sites for hydroxylation is 1. The average molecular weight is 493 g/mol. The fourth-order valence-corrected chi connectivity index (χ4v) is 3.76. The number of carbonyl (C=O) groups excluding carboxylic acids is 2. The van der Waals surface area contributed by atoms with E-state index in [2.05, 4.69) is 15.3 Å². The van der Waals surface area contributed by atoms with Gasteiger partial charge >= 0.3 is 0 Å². The first kappa shape index (κ1) is 24.0. The fourth-order valence-electron chi connectivity index (χ4n) is 3.59. The number of aromatic nitrogens is 2. The molecule has 1 atom stereocenters. The molecule has 4 aromatic rings. The largest absolute Gasteiger partial charge is 0.324 e. The number of amides is 2. The van der Waals surface area contributed by atoms with Crippen molar-refractivity contribution in [3.8, 4) is 0 Å². The molecule has 0 aliphatic carbocycles. The van der Waals surface area contributed by atoms with Crippen LogP contribution in [-0.2, 0) is 4.79 Å². The van der Waals surface area contributed by atoms with Gasteiger partial charge in [0.15, 0.2) is 0 Å². The van der Waals surface area contributed by atoms with Crippen molar-refractivity contribution in [1.82, 2.24) is 9.97 Å². The van der Waals surface area contributed by atoms with Gasteiger partial charge in [0.05, 0.1) is 11.2 Å². The summed E-state index contributed by atoms with van der Waals surface area (Å²) in [6, 6.07) is 14.8. The molecule has 1 heterocycles. The van der Waals surface area contributed by atoms with Crippen LogP contribution in [0.15, 0.2) is 85.3 Å². The average Bonchev–Trinajstić information content (AvgIpc) is 2.86. The van der Waals surface area contributed by atoms with Gasteiger partial charge in [0.1, 0.15) is 23.4 Å². The summed E-state index contributed by atoms with van der Waals surface area (Å²) in [6.07, 6.45) is 4.04. The third kappa shape index (κ3) is 5.33. The first-order valence-corrected chi connectivity index (χ1v) is 10.9. The second-order valence-electron chi connectivity index (χ2n) is 7.62. The number of rotatable bonds is 6. The molecule has 3 aromatic carbocycles. The number of hydrogen-bond donors (Lipinski definition) is 1. The smallest absolute Gasteiger partial charge is 0.279 e. The van der Waals surface area contributed by atoms with Gasteiger partial charge in [-0.3, -0.25) is 19.5 Å². The third-order valence-electron chi connectivity index (χ3n) is 5.28. The molecule has 0 radical (unpaired) electrons. The highest BCUT2D eigenvalue weighted by Gasteiger charge is 2.35. The molecule has 0 unspecified atom stereocenters. The number of carbonyl (C=O) groups is 2. The lowest BCUT2D eigenvalue weighted by atomic mass is 9.97. The van der Waals surface area contributed by atoms with Crippen molar-refractivity contribution in [3.63, 3.8) is 0 Å². The van der Waals surface area contributed by atoms with Crippen molar-refractivity contribution in [2.45, 2.75) is 13.0 Å². The van der Waals surface area contributed by atoms with Crippen LogP contribution in [0, 0.1) is 18.6 Å². The van der Waals surface area contributed by atoms with Crippen molar-refractivity contribution in [1.29, 1.82) is 0 Å². The zero-order valence-corrected chi connectivity index (χ0v) is 19.2. The van der Waals surface area contributed by atoms with Gasteiger partial charge in [-0.1, -0.05) is 35.9 Å². The van der Waals surface area contributed by atoms with Gasteiger partial charge in [-0.2, -0.15) is 0 Å². The molecule has 9 heteroatoms. The van der Waals surface area contributed by atoms with Crippen LogP contribution in [0.4, 0.5) is 20.2 Å². The number of nitrogens with one attached hydrogen (secondary N) is 1. The molecule has 1 N–H and O–H groups in total. The molecule has 6 nitrogen and oxygen atoms in total. The Hall–Kier alpha value is -4.17. The molecule has 0 aliphatic heterocycles. The van der Waals surface area contributed by atoms with Crippen LogP contribution in [0.25, 0.3) is 0 Å². The molecule has 0 bridgehead atoms. The predicted molar refractivity (Wildman–Crippen MR) is 129 cm³/mol. The Morgan fingerprint density at radius 2 is 1.74 bits per heavy atom. The maximum absolute atomic E-state index is 14.0. The first-order chi connectivity index (χ1) is 16.8. The van der Waals surface area contributed by atoms with E-state index in [0.717, 1.165) is 11.6 Å². The van der Waals surface area contributed by atoms with E-state index in [1.807, 2.05) is 0 Å². The zero-order valence-electron chi connectivity index (χ0n) is 18.5. The summed E-state index contributed by atoms with van der Waals surface area (Å²) in [6.45, 7) is 1.80. The van der Waals surface area contributed by atoms with E-state index in [0.29, 0.717) is 11.3 Å². The lowest BCUT2D eigenvalue weighted by molar-refractivity contribution is -0.117. The number of nitrogens with zero attached hydrogens (tertiary/aromatic N) is 3. The van der Waals surface area contributed by atoms with Crippen LogP contribution in [-0.4, -0.2) is 21.8 Å². The molecule has 0 saturated carbocycles. The lowest BCUT2D eigenvalue weighted by Gasteiger charge is -2.32. The van der Waals surface area contributed by atoms with E-state index in [1.54, 1.807) is 31.2 Å². The van der Waals surface area contributed by atoms with Crippen molar-refractivity contribution in [3.05, 3.63) is 119 Å². The Balaban J connectivity index is 1.88. The van der Waals surface area contributed by atoms with Crippen molar-refractivity contribution >= 4 is 34.8 Å². The molecular formula is C26H19ClF2N4O2. The fraction of sp³-hybridized carbons (Fsp3) is 0.0769. The Kier molecular flexibility index (Phi) is 7.12. The Labute approximate surface area is 205 Å². The minimum Gasteiger partial charge on any atom is -0.324 e. The van der Waals surface area contributed by atoms with E-state index >= 15 is 0 Å². The van der Waals surface area contributed by atoms with Crippen LogP contribution in [0.1, 0.15) is 27.7 Å². The predicted octanol–water partition coefficient (Wildman–Crippen LogP) is 5.74. The molecule has 4 rings (SSSR count). The second-order valence-corrected chi connectivity index (χ2v) is 8.03. The zero-order chi connectivity index (χ0) is 24.9. The number of hydrogen-bond acceptors (Lipinski definition) is 4. The van der Waals surface area contributed by atoms with Gasteiger partial charge in [0, 0.05) is 23.8 Å². The van der Waals surface area contributed by atoms with Crippen LogP contribution in [0.2, 0.25) is 5.02 Å². The maximum Gasteiger partial charge on any atom is 0.279 e. The molecule has 2 amide bonds.